The molecular weight excluding hydrogens is 712 g/mol. The largest absolute Gasteiger partial charge is 0.459 e. The van der Waals surface area contributed by atoms with Gasteiger partial charge in [-0.1, -0.05) is 33.6 Å². The van der Waals surface area contributed by atoms with Gasteiger partial charge in [0.1, 0.15) is 17.3 Å². The summed E-state index contributed by atoms with van der Waals surface area (Å²) in [5.41, 5.74) is -1.90. The Morgan fingerprint density at radius 3 is 1.80 bits per heavy atom. The molecule has 0 aromatic heterocycles. The summed E-state index contributed by atoms with van der Waals surface area (Å²) in [6.07, 6.45) is 17.5. The van der Waals surface area contributed by atoms with Crippen molar-refractivity contribution in [1.82, 2.24) is 0 Å². The Morgan fingerprint density at radius 2 is 1.25 bits per heavy atom. The lowest BCUT2D eigenvalue weighted by Gasteiger charge is -2.59. The highest BCUT2D eigenvalue weighted by Gasteiger charge is 2.65. The van der Waals surface area contributed by atoms with Crippen LogP contribution in [0.15, 0.2) is 0 Å². The number of ether oxygens (including phenoxy) is 5. The summed E-state index contributed by atoms with van der Waals surface area (Å²) >= 11 is 0. The lowest BCUT2D eigenvalue weighted by atomic mass is 9.52. The van der Waals surface area contributed by atoms with Crippen molar-refractivity contribution in [1.29, 1.82) is 0 Å². The zero-order valence-corrected chi connectivity index (χ0v) is 36.4. The second kappa shape index (κ2) is 15.4. The number of hydrogen-bond donors (Lipinski definition) is 1. The predicted octanol–water partition coefficient (Wildman–Crippen LogP) is 8.96. The lowest BCUT2D eigenvalue weighted by molar-refractivity contribution is -0.225. The second-order valence-corrected chi connectivity index (χ2v) is 21.8. The molecule has 9 rings (SSSR count). The van der Waals surface area contributed by atoms with Crippen LogP contribution in [0.5, 0.6) is 0 Å². The molecule has 10 heteroatoms. The molecular formula is C46H74O10. The van der Waals surface area contributed by atoms with Crippen molar-refractivity contribution in [2.24, 2.45) is 39.4 Å². The van der Waals surface area contributed by atoms with Crippen LogP contribution in [0.25, 0.3) is 0 Å². The topological polar surface area (TPSA) is 135 Å². The summed E-state index contributed by atoms with van der Waals surface area (Å²) in [4.78, 5) is 48.3. The number of hydrogen-bond acceptors (Lipinski definition) is 10. The van der Waals surface area contributed by atoms with Crippen LogP contribution in [0, 0.1) is 39.4 Å². The fourth-order valence-corrected chi connectivity index (χ4v) is 11.5. The van der Waals surface area contributed by atoms with E-state index in [-0.39, 0.29) is 58.6 Å². The van der Waals surface area contributed by atoms with Crippen molar-refractivity contribution < 1.29 is 48.0 Å². The first kappa shape index (κ1) is 43.4. The van der Waals surface area contributed by atoms with Crippen LogP contribution in [-0.4, -0.2) is 70.2 Å². The summed E-state index contributed by atoms with van der Waals surface area (Å²) in [5.74, 6) is 0.432. The molecule has 56 heavy (non-hydrogen) atoms. The van der Waals surface area contributed by atoms with E-state index in [1.54, 1.807) is 0 Å². The van der Waals surface area contributed by atoms with Crippen molar-refractivity contribution >= 4 is 23.9 Å². The number of carbonyl (C=O) groups is 4. The van der Waals surface area contributed by atoms with Gasteiger partial charge in [-0.05, 0) is 162 Å². The number of aliphatic hydroxyl groups is 1. The van der Waals surface area contributed by atoms with Crippen molar-refractivity contribution in [3.05, 3.63) is 0 Å². The second-order valence-electron chi connectivity index (χ2n) is 21.8. The first-order valence-corrected chi connectivity index (χ1v) is 22.3. The Bertz CT molecular complexity index is 1480. The maximum atomic E-state index is 12.4. The Kier molecular flexibility index (Phi) is 12.0. The van der Waals surface area contributed by atoms with Gasteiger partial charge in [0.05, 0.1) is 33.9 Å². The third-order valence-electron chi connectivity index (χ3n) is 15.8. The van der Waals surface area contributed by atoms with E-state index in [9.17, 15) is 24.3 Å². The van der Waals surface area contributed by atoms with E-state index in [2.05, 4.69) is 13.8 Å². The average molecular weight is 787 g/mol. The van der Waals surface area contributed by atoms with Gasteiger partial charge in [-0.2, -0.15) is 0 Å². The first-order chi connectivity index (χ1) is 26.0. The predicted molar refractivity (Wildman–Crippen MR) is 211 cm³/mol. The summed E-state index contributed by atoms with van der Waals surface area (Å²) in [6, 6.07) is 0. The van der Waals surface area contributed by atoms with Crippen molar-refractivity contribution in [2.45, 2.75) is 226 Å². The van der Waals surface area contributed by atoms with Gasteiger partial charge in [-0.3, -0.25) is 19.2 Å². The normalized spacial score (nSPS) is 38.6. The Labute approximate surface area is 336 Å². The van der Waals surface area contributed by atoms with Crippen molar-refractivity contribution in [2.75, 3.05) is 0 Å². The molecule has 3 aliphatic heterocycles. The molecule has 8 atom stereocenters. The molecule has 6 saturated carbocycles. The zero-order valence-electron chi connectivity index (χ0n) is 36.4. The van der Waals surface area contributed by atoms with Gasteiger partial charge in [0.15, 0.2) is 12.2 Å². The van der Waals surface area contributed by atoms with Gasteiger partial charge in [-0.15, -0.1) is 0 Å². The maximum absolute atomic E-state index is 12.4. The third-order valence-corrected chi connectivity index (χ3v) is 15.8. The van der Waals surface area contributed by atoms with Crippen LogP contribution in [0.4, 0.5) is 0 Å². The quantitative estimate of drug-likeness (QED) is 0.178. The summed E-state index contributed by atoms with van der Waals surface area (Å²) < 4.78 is 28.4. The summed E-state index contributed by atoms with van der Waals surface area (Å²) in [6.45, 7) is 19.8. The molecule has 1 spiro atoms. The Balaban J connectivity index is 0.000000142. The summed E-state index contributed by atoms with van der Waals surface area (Å²) in [5, 5.41) is 10.6. The van der Waals surface area contributed by atoms with Gasteiger partial charge >= 0.3 is 23.9 Å². The molecule has 318 valence electrons. The number of fused-ring (bicyclic) bond motifs is 1. The SMILES string of the molecule is CCC(C)(C)C(=O)OC1(C)CCCC2(CCCC2)C1.CCC(C)(C)C(=O)OC12CC3CC(CC(O)(C3)C1)C2.CCC(C)(C)C(=O)OC1C2CC3C(=O)OC1C3O2. The van der Waals surface area contributed by atoms with E-state index in [1.807, 2.05) is 55.4 Å². The molecule has 0 amide bonds. The highest BCUT2D eigenvalue weighted by molar-refractivity contribution is 5.79. The molecule has 10 nitrogen and oxygen atoms in total. The molecule has 9 fully saturated rings. The monoisotopic (exact) mass is 787 g/mol. The minimum absolute atomic E-state index is 0.00690. The minimum atomic E-state index is -0.555. The zero-order chi connectivity index (χ0) is 41.1. The Hall–Kier alpha value is -2.20. The van der Waals surface area contributed by atoms with E-state index in [4.69, 9.17) is 23.7 Å². The van der Waals surface area contributed by atoms with Gasteiger partial charge in [0.2, 0.25) is 0 Å². The van der Waals surface area contributed by atoms with E-state index in [0.717, 1.165) is 51.4 Å². The average Bonchev–Trinajstić information content (AvgIpc) is 3.87. The van der Waals surface area contributed by atoms with Gasteiger partial charge in [0, 0.05) is 6.42 Å². The van der Waals surface area contributed by atoms with E-state index < -0.39 is 28.6 Å². The summed E-state index contributed by atoms with van der Waals surface area (Å²) in [7, 11) is 0. The number of rotatable bonds is 9. The van der Waals surface area contributed by atoms with Crippen LogP contribution in [0.3, 0.4) is 0 Å². The molecule has 0 aromatic rings. The van der Waals surface area contributed by atoms with Gasteiger partial charge in [-0.25, -0.2) is 0 Å². The maximum Gasteiger partial charge on any atom is 0.312 e. The van der Waals surface area contributed by atoms with Crippen molar-refractivity contribution in [3.8, 4) is 0 Å². The first-order valence-electron chi connectivity index (χ1n) is 22.3. The van der Waals surface area contributed by atoms with Crippen LogP contribution in [0.2, 0.25) is 0 Å². The minimum Gasteiger partial charge on any atom is -0.459 e. The molecule has 3 heterocycles. The van der Waals surface area contributed by atoms with E-state index >= 15 is 0 Å². The van der Waals surface area contributed by atoms with Crippen LogP contribution < -0.4 is 0 Å². The standard InChI is InChI=1S/C17H30O2.C16H26O3.C13H18O5/c1-5-15(2,3)14(18)19-16(4)9-8-12-17(13-16)10-6-7-11-17;1-4-14(2,3)13(17)19-16-8-11-5-12(9-16)7-15(18,6-11)10-16;1-4-13(2,3)12(15)18-9-7-5-6-8(16-7)10(9)17-11(6)14/h5-13H2,1-4H3;11-12,18H,4-10H2,1-3H3;6-10H,4-5H2,1-3H3. The molecule has 9 aliphatic rings. The van der Waals surface area contributed by atoms with Crippen LogP contribution in [0.1, 0.15) is 185 Å². The third kappa shape index (κ3) is 8.72. The highest BCUT2D eigenvalue weighted by Crippen LogP contribution is 2.59. The Morgan fingerprint density at radius 1 is 0.714 bits per heavy atom. The van der Waals surface area contributed by atoms with Crippen LogP contribution in [-0.2, 0) is 42.9 Å². The number of carbonyl (C=O) groups excluding carboxylic acids is 4. The molecule has 3 saturated heterocycles. The molecule has 6 bridgehead atoms. The molecule has 8 unspecified atom stereocenters. The van der Waals surface area contributed by atoms with Gasteiger partial charge < -0.3 is 28.8 Å². The van der Waals surface area contributed by atoms with Crippen molar-refractivity contribution in [3.63, 3.8) is 0 Å². The van der Waals surface area contributed by atoms with E-state index in [0.29, 0.717) is 36.5 Å². The molecule has 6 aliphatic carbocycles. The molecule has 0 aromatic carbocycles. The lowest BCUT2D eigenvalue weighted by Crippen LogP contribution is -2.61. The highest BCUT2D eigenvalue weighted by atomic mass is 16.7. The smallest absolute Gasteiger partial charge is 0.312 e. The van der Waals surface area contributed by atoms with Crippen LogP contribution >= 0.6 is 0 Å². The number of esters is 4. The fraction of sp³-hybridized carbons (Fsp3) is 0.913. The molecule has 0 radical (unpaired) electrons. The van der Waals surface area contributed by atoms with E-state index in [1.165, 1.54) is 44.9 Å². The fourth-order valence-electron chi connectivity index (χ4n) is 11.5. The molecule has 1 N–H and O–H groups in total. The van der Waals surface area contributed by atoms with Gasteiger partial charge in [0.25, 0.3) is 0 Å².